The van der Waals surface area contributed by atoms with Gasteiger partial charge in [0.15, 0.2) is 0 Å². The monoisotopic (exact) mass is 444 g/mol. The number of benzene rings is 1. The highest BCUT2D eigenvalue weighted by Gasteiger charge is 2.27. The minimum atomic E-state index is -3.34. The van der Waals surface area contributed by atoms with Gasteiger partial charge in [0.2, 0.25) is 10.0 Å². The van der Waals surface area contributed by atoms with Crippen LogP contribution in [0.2, 0.25) is 0 Å². The summed E-state index contributed by atoms with van der Waals surface area (Å²) in [5.41, 5.74) is 1.78. The van der Waals surface area contributed by atoms with Crippen molar-refractivity contribution in [3.8, 4) is 0 Å². The second-order valence-corrected chi connectivity index (χ2v) is 10.9. The first-order valence-electron chi connectivity index (χ1n) is 10.7. The SMILES string of the molecule is CC(C)(C)c1ccc(C(=O)NCCCS(=O)(=O)N2CCN(c3ccccn3)CC2)cc1. The average Bonchev–Trinajstić information content (AvgIpc) is 2.77. The maximum absolute atomic E-state index is 12.7. The smallest absolute Gasteiger partial charge is 0.251 e. The number of nitrogens with one attached hydrogen (secondary N) is 1. The number of carbonyl (C=O) groups excluding carboxylic acids is 1. The Morgan fingerprint density at radius 3 is 2.29 bits per heavy atom. The molecule has 8 heteroatoms. The molecule has 0 atom stereocenters. The summed E-state index contributed by atoms with van der Waals surface area (Å²) >= 11 is 0. The van der Waals surface area contributed by atoms with Crippen LogP contribution in [0.15, 0.2) is 48.7 Å². The number of hydrogen-bond acceptors (Lipinski definition) is 5. The number of anilines is 1. The van der Waals surface area contributed by atoms with E-state index in [1.165, 1.54) is 5.56 Å². The molecule has 0 unspecified atom stereocenters. The van der Waals surface area contributed by atoms with Gasteiger partial charge in [-0.15, -0.1) is 0 Å². The van der Waals surface area contributed by atoms with Crippen LogP contribution < -0.4 is 10.2 Å². The van der Waals surface area contributed by atoms with Gasteiger partial charge < -0.3 is 10.2 Å². The van der Waals surface area contributed by atoms with E-state index < -0.39 is 10.0 Å². The summed E-state index contributed by atoms with van der Waals surface area (Å²) in [6.07, 6.45) is 2.13. The number of amides is 1. The molecule has 1 saturated heterocycles. The molecule has 1 amide bonds. The third-order valence-corrected chi connectivity index (χ3v) is 7.44. The Labute approximate surface area is 185 Å². The van der Waals surface area contributed by atoms with Crippen molar-refractivity contribution in [2.24, 2.45) is 0 Å². The molecule has 2 heterocycles. The van der Waals surface area contributed by atoms with Crippen LogP contribution in [0.25, 0.3) is 0 Å². The van der Waals surface area contributed by atoms with Gasteiger partial charge >= 0.3 is 0 Å². The van der Waals surface area contributed by atoms with E-state index in [1.807, 2.05) is 42.5 Å². The van der Waals surface area contributed by atoms with Crippen LogP contribution in [0, 0.1) is 0 Å². The lowest BCUT2D eigenvalue weighted by Crippen LogP contribution is -2.49. The van der Waals surface area contributed by atoms with Crippen molar-refractivity contribution in [1.82, 2.24) is 14.6 Å². The van der Waals surface area contributed by atoms with E-state index in [1.54, 1.807) is 10.5 Å². The lowest BCUT2D eigenvalue weighted by Gasteiger charge is -2.34. The summed E-state index contributed by atoms with van der Waals surface area (Å²) in [5, 5.41) is 2.82. The molecule has 1 N–H and O–H groups in total. The Hall–Kier alpha value is -2.45. The first-order valence-corrected chi connectivity index (χ1v) is 12.3. The fourth-order valence-corrected chi connectivity index (χ4v) is 5.03. The number of carbonyl (C=O) groups is 1. The predicted octanol–water partition coefficient (Wildman–Crippen LogP) is 2.65. The maximum atomic E-state index is 12.7. The van der Waals surface area contributed by atoms with E-state index in [2.05, 4.69) is 36.0 Å². The molecule has 7 nitrogen and oxygen atoms in total. The van der Waals surface area contributed by atoms with Gasteiger partial charge in [0.25, 0.3) is 5.91 Å². The number of hydrogen-bond donors (Lipinski definition) is 1. The molecule has 0 spiro atoms. The molecule has 1 aliphatic heterocycles. The van der Waals surface area contributed by atoms with Crippen LogP contribution in [0.4, 0.5) is 5.82 Å². The third-order valence-electron chi connectivity index (χ3n) is 5.48. The molecule has 0 saturated carbocycles. The van der Waals surface area contributed by atoms with Crippen molar-refractivity contribution in [2.75, 3.05) is 43.4 Å². The number of sulfonamides is 1. The van der Waals surface area contributed by atoms with E-state index >= 15 is 0 Å². The van der Waals surface area contributed by atoms with Gasteiger partial charge in [0.05, 0.1) is 5.75 Å². The highest BCUT2D eigenvalue weighted by atomic mass is 32.2. The molecule has 0 aliphatic carbocycles. The molecular weight excluding hydrogens is 412 g/mol. The Morgan fingerprint density at radius 1 is 1.03 bits per heavy atom. The molecule has 1 aliphatic rings. The van der Waals surface area contributed by atoms with Crippen molar-refractivity contribution in [2.45, 2.75) is 32.6 Å². The molecule has 0 radical (unpaired) electrons. The van der Waals surface area contributed by atoms with Gasteiger partial charge in [-0.3, -0.25) is 4.79 Å². The van der Waals surface area contributed by atoms with Crippen LogP contribution in [0.3, 0.4) is 0 Å². The van der Waals surface area contributed by atoms with Crippen molar-refractivity contribution >= 4 is 21.7 Å². The highest BCUT2D eigenvalue weighted by Crippen LogP contribution is 2.22. The minimum absolute atomic E-state index is 0.0276. The second kappa shape index (κ2) is 9.78. The van der Waals surface area contributed by atoms with Gasteiger partial charge in [-0.05, 0) is 41.7 Å². The highest BCUT2D eigenvalue weighted by molar-refractivity contribution is 7.89. The summed E-state index contributed by atoms with van der Waals surface area (Å²) < 4.78 is 26.8. The first kappa shape index (κ1) is 23.2. The largest absolute Gasteiger partial charge is 0.354 e. The maximum Gasteiger partial charge on any atom is 0.251 e. The number of rotatable bonds is 7. The van der Waals surface area contributed by atoms with E-state index in [9.17, 15) is 13.2 Å². The Kier molecular flexibility index (Phi) is 7.33. The summed E-state index contributed by atoms with van der Waals surface area (Å²) in [7, 11) is -3.34. The number of pyridine rings is 1. The molecule has 3 rings (SSSR count). The topological polar surface area (TPSA) is 82.6 Å². The summed E-state index contributed by atoms with van der Waals surface area (Å²) in [4.78, 5) is 18.7. The molecule has 168 valence electrons. The zero-order valence-corrected chi connectivity index (χ0v) is 19.4. The van der Waals surface area contributed by atoms with Gasteiger partial charge in [0, 0.05) is 44.5 Å². The van der Waals surface area contributed by atoms with Crippen molar-refractivity contribution in [1.29, 1.82) is 0 Å². The van der Waals surface area contributed by atoms with Crippen LogP contribution in [-0.4, -0.2) is 62.1 Å². The molecule has 1 fully saturated rings. The standard InChI is InChI=1S/C23H32N4O3S/c1-23(2,3)20-10-8-19(9-11-20)22(28)25-13-6-18-31(29,30)27-16-14-26(15-17-27)21-7-4-5-12-24-21/h4-5,7-12H,6,13-18H2,1-3H3,(H,25,28). The fraction of sp³-hybridized carbons (Fsp3) is 0.478. The molecule has 0 bridgehead atoms. The third kappa shape index (κ3) is 6.27. The zero-order chi connectivity index (χ0) is 22.5. The number of aromatic nitrogens is 1. The lowest BCUT2D eigenvalue weighted by atomic mass is 9.87. The van der Waals surface area contributed by atoms with Crippen molar-refractivity contribution < 1.29 is 13.2 Å². The van der Waals surface area contributed by atoms with Crippen LogP contribution in [0.5, 0.6) is 0 Å². The molecule has 2 aromatic rings. The number of piperazine rings is 1. The molecule has 1 aromatic carbocycles. The molecular formula is C23H32N4O3S. The van der Waals surface area contributed by atoms with Gasteiger partial charge in [-0.25, -0.2) is 13.4 Å². The van der Waals surface area contributed by atoms with E-state index in [-0.39, 0.29) is 17.1 Å². The second-order valence-electron chi connectivity index (χ2n) is 8.83. The van der Waals surface area contributed by atoms with Crippen molar-refractivity contribution in [3.05, 3.63) is 59.8 Å². The molecule has 31 heavy (non-hydrogen) atoms. The lowest BCUT2D eigenvalue weighted by molar-refractivity contribution is 0.0953. The van der Waals surface area contributed by atoms with E-state index in [4.69, 9.17) is 0 Å². The van der Waals surface area contributed by atoms with Gasteiger partial charge in [-0.1, -0.05) is 39.0 Å². The average molecular weight is 445 g/mol. The van der Waals surface area contributed by atoms with Crippen molar-refractivity contribution in [3.63, 3.8) is 0 Å². The predicted molar refractivity (Wildman–Crippen MR) is 124 cm³/mol. The van der Waals surface area contributed by atoms with Gasteiger partial charge in [-0.2, -0.15) is 4.31 Å². The summed E-state index contributed by atoms with van der Waals surface area (Å²) in [6.45, 7) is 8.85. The fourth-order valence-electron chi connectivity index (χ4n) is 3.55. The minimum Gasteiger partial charge on any atom is -0.354 e. The van der Waals surface area contributed by atoms with E-state index in [0.717, 1.165) is 5.82 Å². The first-order chi connectivity index (χ1) is 14.7. The Balaban J connectivity index is 1.42. The Bertz CT molecular complexity index is 962. The summed E-state index contributed by atoms with van der Waals surface area (Å²) in [5.74, 6) is 0.722. The zero-order valence-electron chi connectivity index (χ0n) is 18.5. The van der Waals surface area contributed by atoms with Crippen LogP contribution in [0.1, 0.15) is 43.1 Å². The molecule has 1 aromatic heterocycles. The normalized spacial score (nSPS) is 15.6. The quantitative estimate of drug-likeness (QED) is 0.664. The van der Waals surface area contributed by atoms with Crippen LogP contribution in [-0.2, 0) is 15.4 Å². The summed E-state index contributed by atoms with van der Waals surface area (Å²) in [6, 6.07) is 13.3. The number of nitrogens with zero attached hydrogens (tertiary/aromatic N) is 3. The van der Waals surface area contributed by atoms with Gasteiger partial charge in [0.1, 0.15) is 5.82 Å². The van der Waals surface area contributed by atoms with E-state index in [0.29, 0.717) is 44.7 Å². The van der Waals surface area contributed by atoms with Crippen LogP contribution >= 0.6 is 0 Å². The Morgan fingerprint density at radius 2 is 1.71 bits per heavy atom.